The van der Waals surface area contributed by atoms with Crippen LogP contribution in [0.25, 0.3) is 0 Å². The molecule has 0 spiro atoms. The van der Waals surface area contributed by atoms with E-state index in [9.17, 15) is 18.3 Å². The van der Waals surface area contributed by atoms with Gasteiger partial charge in [-0.3, -0.25) is 9.10 Å². The molecule has 22 heavy (non-hydrogen) atoms. The standard InChI is InChI=1S/C14H11ClN2O4S/c15-13-6-5-9(7-16-13)22(20,21)17-8-11(14(18)19)10-3-1-2-4-12(10)17/h1-7,11H,8H2,(H,18,19)/t11-/m1/s1. The molecule has 0 unspecified atom stereocenters. The molecule has 0 saturated carbocycles. The highest BCUT2D eigenvalue weighted by atomic mass is 35.5. The van der Waals surface area contributed by atoms with Crippen molar-refractivity contribution in [3.8, 4) is 0 Å². The molecule has 1 aliphatic rings. The minimum atomic E-state index is -3.89. The van der Waals surface area contributed by atoms with Gasteiger partial charge in [-0.1, -0.05) is 29.8 Å². The molecule has 8 heteroatoms. The van der Waals surface area contributed by atoms with E-state index in [0.717, 1.165) is 10.5 Å². The van der Waals surface area contributed by atoms with Crippen molar-refractivity contribution in [1.29, 1.82) is 0 Å². The van der Waals surface area contributed by atoms with Crippen LogP contribution in [0.3, 0.4) is 0 Å². The van der Waals surface area contributed by atoms with Crippen molar-refractivity contribution in [1.82, 2.24) is 4.98 Å². The lowest BCUT2D eigenvalue weighted by Crippen LogP contribution is -2.31. The van der Waals surface area contributed by atoms with Crippen LogP contribution in [0, 0.1) is 0 Å². The molecule has 0 amide bonds. The predicted molar refractivity (Wildman–Crippen MR) is 80.6 cm³/mol. The first kappa shape index (κ1) is 14.8. The number of pyridine rings is 1. The third-order valence-corrected chi connectivity index (χ3v) is 5.50. The molecule has 3 rings (SSSR count). The fourth-order valence-electron chi connectivity index (χ4n) is 2.45. The molecule has 2 aromatic rings. The van der Waals surface area contributed by atoms with Gasteiger partial charge in [-0.25, -0.2) is 13.4 Å². The zero-order chi connectivity index (χ0) is 15.9. The summed E-state index contributed by atoms with van der Waals surface area (Å²) in [6.45, 7) is -0.139. The van der Waals surface area contributed by atoms with Crippen molar-refractivity contribution in [2.75, 3.05) is 10.8 Å². The van der Waals surface area contributed by atoms with Crippen LogP contribution in [0.1, 0.15) is 11.5 Å². The van der Waals surface area contributed by atoms with Gasteiger partial charge in [-0.15, -0.1) is 0 Å². The van der Waals surface area contributed by atoms with Crippen molar-refractivity contribution in [2.45, 2.75) is 10.8 Å². The number of carboxylic acids is 1. The van der Waals surface area contributed by atoms with Crippen LogP contribution in [0.4, 0.5) is 5.69 Å². The van der Waals surface area contributed by atoms with Crippen LogP contribution in [0.15, 0.2) is 47.5 Å². The second kappa shape index (κ2) is 5.26. The van der Waals surface area contributed by atoms with Gasteiger partial charge in [0, 0.05) is 6.20 Å². The average Bonchev–Trinajstić information content (AvgIpc) is 2.88. The number of aliphatic carboxylic acids is 1. The number of rotatable bonds is 3. The second-order valence-corrected chi connectivity index (χ2v) is 7.05. The van der Waals surface area contributed by atoms with Crippen LogP contribution in [-0.4, -0.2) is 31.0 Å². The highest BCUT2D eigenvalue weighted by Crippen LogP contribution is 2.39. The van der Waals surface area contributed by atoms with E-state index < -0.39 is 21.9 Å². The summed E-state index contributed by atoms with van der Waals surface area (Å²) in [6, 6.07) is 9.32. The Kier molecular flexibility index (Phi) is 3.54. The third-order valence-electron chi connectivity index (χ3n) is 3.52. The Hall–Kier alpha value is -2.12. The van der Waals surface area contributed by atoms with E-state index in [-0.39, 0.29) is 16.6 Å². The number of anilines is 1. The van der Waals surface area contributed by atoms with Gasteiger partial charge in [0.1, 0.15) is 16.0 Å². The molecule has 1 atom stereocenters. The first-order chi connectivity index (χ1) is 10.4. The normalized spacial score (nSPS) is 17.3. The SMILES string of the molecule is O=C(O)[C@@H]1CN(S(=O)(=O)c2ccc(Cl)nc2)c2ccccc21. The maximum absolute atomic E-state index is 12.7. The van der Waals surface area contributed by atoms with Crippen LogP contribution in [-0.2, 0) is 14.8 Å². The zero-order valence-electron chi connectivity index (χ0n) is 11.2. The fraction of sp³-hybridized carbons (Fsp3) is 0.143. The van der Waals surface area contributed by atoms with Gasteiger partial charge >= 0.3 is 5.97 Å². The number of hydrogen-bond donors (Lipinski definition) is 1. The summed E-state index contributed by atoms with van der Waals surface area (Å²) in [6.07, 6.45) is 1.16. The molecule has 0 radical (unpaired) electrons. The largest absolute Gasteiger partial charge is 0.481 e. The van der Waals surface area contributed by atoms with Crippen molar-refractivity contribution >= 4 is 33.3 Å². The van der Waals surface area contributed by atoms with Gasteiger partial charge in [-0.05, 0) is 23.8 Å². The van der Waals surface area contributed by atoms with E-state index in [0.29, 0.717) is 11.3 Å². The molecule has 0 bridgehead atoms. The topological polar surface area (TPSA) is 87.6 Å². The number of halogens is 1. The van der Waals surface area contributed by atoms with Crippen LogP contribution in [0.2, 0.25) is 5.15 Å². The fourth-order valence-corrected chi connectivity index (χ4v) is 4.02. The van der Waals surface area contributed by atoms with Gasteiger partial charge in [0.15, 0.2) is 0 Å². The molecule has 0 aliphatic carbocycles. The van der Waals surface area contributed by atoms with Crippen molar-refractivity contribution in [3.63, 3.8) is 0 Å². The average molecular weight is 339 g/mol. The van der Waals surface area contributed by atoms with Crippen molar-refractivity contribution in [3.05, 3.63) is 53.3 Å². The zero-order valence-corrected chi connectivity index (χ0v) is 12.8. The molecule has 1 aromatic carbocycles. The third kappa shape index (κ3) is 2.32. The van der Waals surface area contributed by atoms with E-state index in [1.807, 2.05) is 0 Å². The molecule has 1 aliphatic heterocycles. The monoisotopic (exact) mass is 338 g/mol. The van der Waals surface area contributed by atoms with Gasteiger partial charge in [-0.2, -0.15) is 0 Å². The van der Waals surface area contributed by atoms with Gasteiger partial charge < -0.3 is 5.11 Å². The maximum atomic E-state index is 12.7. The second-order valence-electron chi connectivity index (χ2n) is 4.80. The van der Waals surface area contributed by atoms with E-state index in [4.69, 9.17) is 11.6 Å². The van der Waals surface area contributed by atoms with Crippen LogP contribution >= 0.6 is 11.6 Å². The Morgan fingerprint density at radius 2 is 2.00 bits per heavy atom. The van der Waals surface area contributed by atoms with Crippen molar-refractivity contribution in [2.24, 2.45) is 0 Å². The van der Waals surface area contributed by atoms with E-state index in [1.165, 1.54) is 12.1 Å². The van der Waals surface area contributed by atoms with E-state index >= 15 is 0 Å². The Balaban J connectivity index is 2.09. The Bertz CT molecular complexity index is 836. The first-order valence-electron chi connectivity index (χ1n) is 6.37. The summed E-state index contributed by atoms with van der Waals surface area (Å²) in [7, 11) is -3.89. The number of aromatic nitrogens is 1. The van der Waals surface area contributed by atoms with Crippen molar-refractivity contribution < 1.29 is 18.3 Å². The predicted octanol–water partition coefficient (Wildman–Crippen LogP) is 2.11. The first-order valence-corrected chi connectivity index (χ1v) is 8.19. The highest BCUT2D eigenvalue weighted by Gasteiger charge is 2.39. The minimum Gasteiger partial charge on any atom is -0.481 e. The lowest BCUT2D eigenvalue weighted by Gasteiger charge is -2.19. The molecule has 2 heterocycles. The molecule has 0 fully saturated rings. The van der Waals surface area contributed by atoms with Crippen LogP contribution in [0.5, 0.6) is 0 Å². The molecule has 0 saturated heterocycles. The highest BCUT2D eigenvalue weighted by molar-refractivity contribution is 7.92. The number of nitrogens with zero attached hydrogens (tertiary/aromatic N) is 2. The number of sulfonamides is 1. The number of carbonyl (C=O) groups is 1. The number of hydrogen-bond acceptors (Lipinski definition) is 4. The Morgan fingerprint density at radius 1 is 1.27 bits per heavy atom. The number of benzene rings is 1. The summed E-state index contributed by atoms with van der Waals surface area (Å²) in [4.78, 5) is 15.1. The summed E-state index contributed by atoms with van der Waals surface area (Å²) < 4.78 is 26.6. The van der Waals surface area contributed by atoms with Gasteiger partial charge in [0.05, 0.1) is 12.2 Å². The summed E-state index contributed by atoms with van der Waals surface area (Å²) in [5, 5.41) is 9.48. The summed E-state index contributed by atoms with van der Waals surface area (Å²) in [5.74, 6) is -1.94. The smallest absolute Gasteiger partial charge is 0.312 e. The lowest BCUT2D eigenvalue weighted by molar-refractivity contribution is -0.138. The number of carboxylic acid groups (broad SMARTS) is 1. The van der Waals surface area contributed by atoms with Crippen LogP contribution < -0.4 is 4.31 Å². The van der Waals surface area contributed by atoms with E-state index in [1.54, 1.807) is 24.3 Å². The Labute approximate surface area is 132 Å². The minimum absolute atomic E-state index is 0.0299. The van der Waals surface area contributed by atoms with Gasteiger partial charge in [0.25, 0.3) is 10.0 Å². The number of fused-ring (bicyclic) bond motifs is 1. The molecular weight excluding hydrogens is 328 g/mol. The molecule has 1 aromatic heterocycles. The molecular formula is C14H11ClN2O4S. The Morgan fingerprint density at radius 3 is 2.64 bits per heavy atom. The molecule has 6 nitrogen and oxygen atoms in total. The van der Waals surface area contributed by atoms with E-state index in [2.05, 4.69) is 4.98 Å². The summed E-state index contributed by atoms with van der Waals surface area (Å²) in [5.41, 5.74) is 0.866. The molecule has 114 valence electrons. The maximum Gasteiger partial charge on any atom is 0.312 e. The quantitative estimate of drug-likeness (QED) is 0.866. The summed E-state index contributed by atoms with van der Waals surface area (Å²) >= 11 is 5.67. The lowest BCUT2D eigenvalue weighted by atomic mass is 10.0. The van der Waals surface area contributed by atoms with Gasteiger partial charge in [0.2, 0.25) is 0 Å². The molecule has 1 N–H and O–H groups in total. The number of para-hydroxylation sites is 1.